The number of nitrogens with zero attached hydrogens (tertiary/aromatic N) is 4. The molecule has 0 spiro atoms. The van der Waals surface area contributed by atoms with E-state index in [2.05, 4.69) is 48.9 Å². The fourth-order valence-electron chi connectivity index (χ4n) is 2.70. The van der Waals surface area contributed by atoms with Crippen LogP contribution in [-0.4, -0.2) is 24.5 Å². The maximum atomic E-state index is 4.51. The van der Waals surface area contributed by atoms with Crippen molar-refractivity contribution >= 4 is 16.9 Å². The van der Waals surface area contributed by atoms with E-state index in [0.717, 1.165) is 28.4 Å². The topological polar surface area (TPSA) is 71.4 Å². The Morgan fingerprint density at radius 2 is 1.96 bits per heavy atom. The molecule has 0 bridgehead atoms. The molecular weight excluding hydrogens is 288 g/mol. The van der Waals surface area contributed by atoms with Gasteiger partial charge in [-0.2, -0.15) is 0 Å². The van der Waals surface area contributed by atoms with Gasteiger partial charge in [0.15, 0.2) is 0 Å². The first-order valence-corrected chi connectivity index (χ1v) is 7.46. The summed E-state index contributed by atoms with van der Waals surface area (Å²) < 4.78 is 2.08. The minimum absolute atomic E-state index is 0.00166. The Balaban J connectivity index is 1.67. The van der Waals surface area contributed by atoms with Crippen LogP contribution in [0.2, 0.25) is 0 Å². The molecule has 0 aliphatic carbocycles. The first-order valence-electron chi connectivity index (χ1n) is 7.46. The van der Waals surface area contributed by atoms with Crippen molar-refractivity contribution in [2.45, 2.75) is 13.0 Å². The van der Waals surface area contributed by atoms with E-state index in [0.29, 0.717) is 0 Å². The second-order valence-corrected chi connectivity index (χ2v) is 5.32. The van der Waals surface area contributed by atoms with E-state index >= 15 is 0 Å². The SMILES string of the molecule is CC(Nc1ncnc2[nH]ccc12)c1nccn1-c1ccccc1. The summed E-state index contributed by atoms with van der Waals surface area (Å²) in [5.74, 6) is 1.73. The average molecular weight is 304 g/mol. The van der Waals surface area contributed by atoms with Crippen LogP contribution in [0.5, 0.6) is 0 Å². The van der Waals surface area contributed by atoms with Gasteiger partial charge in [0, 0.05) is 24.3 Å². The Morgan fingerprint density at radius 1 is 1.09 bits per heavy atom. The van der Waals surface area contributed by atoms with Crippen LogP contribution in [0.3, 0.4) is 0 Å². The number of para-hydroxylation sites is 1. The zero-order valence-corrected chi connectivity index (χ0v) is 12.6. The van der Waals surface area contributed by atoms with Crippen molar-refractivity contribution < 1.29 is 0 Å². The van der Waals surface area contributed by atoms with Crippen LogP contribution in [0.15, 0.2) is 61.3 Å². The maximum Gasteiger partial charge on any atom is 0.142 e. The third-order valence-electron chi connectivity index (χ3n) is 3.80. The van der Waals surface area contributed by atoms with Gasteiger partial charge in [-0.15, -0.1) is 0 Å². The van der Waals surface area contributed by atoms with E-state index in [1.165, 1.54) is 0 Å². The molecule has 6 nitrogen and oxygen atoms in total. The molecule has 0 aliphatic rings. The van der Waals surface area contributed by atoms with Crippen LogP contribution in [-0.2, 0) is 0 Å². The van der Waals surface area contributed by atoms with Gasteiger partial charge < -0.3 is 14.9 Å². The van der Waals surface area contributed by atoms with Crippen LogP contribution in [0.4, 0.5) is 5.82 Å². The summed E-state index contributed by atoms with van der Waals surface area (Å²) in [4.78, 5) is 16.2. The molecule has 2 N–H and O–H groups in total. The predicted octanol–water partition coefficient (Wildman–Crippen LogP) is 3.32. The Labute approximate surface area is 133 Å². The molecule has 4 aromatic rings. The molecule has 23 heavy (non-hydrogen) atoms. The summed E-state index contributed by atoms with van der Waals surface area (Å²) in [5, 5.41) is 4.40. The highest BCUT2D eigenvalue weighted by atomic mass is 15.1. The van der Waals surface area contributed by atoms with Crippen molar-refractivity contribution in [3.8, 4) is 5.69 Å². The molecule has 0 radical (unpaired) electrons. The van der Waals surface area contributed by atoms with Gasteiger partial charge in [0.05, 0.1) is 11.4 Å². The van der Waals surface area contributed by atoms with Gasteiger partial charge in [0.1, 0.15) is 23.6 Å². The zero-order valence-electron chi connectivity index (χ0n) is 12.6. The number of imidazole rings is 1. The van der Waals surface area contributed by atoms with Crippen molar-refractivity contribution in [3.63, 3.8) is 0 Å². The number of anilines is 1. The summed E-state index contributed by atoms with van der Waals surface area (Å²) >= 11 is 0. The van der Waals surface area contributed by atoms with E-state index in [4.69, 9.17) is 0 Å². The molecule has 0 aliphatic heterocycles. The molecule has 6 heteroatoms. The number of aromatic amines is 1. The first kappa shape index (κ1) is 13.5. The smallest absolute Gasteiger partial charge is 0.142 e. The molecule has 1 aromatic carbocycles. The standard InChI is InChI=1S/C17H16N6/c1-12(22-16-14-7-8-18-15(14)20-11-21-16)17-19-9-10-23(17)13-5-3-2-4-6-13/h2-12H,1H3,(H2,18,20,21,22). The van der Waals surface area contributed by atoms with Crippen molar-refractivity contribution in [1.82, 2.24) is 24.5 Å². The van der Waals surface area contributed by atoms with Crippen LogP contribution in [0, 0.1) is 0 Å². The molecule has 4 rings (SSSR count). The van der Waals surface area contributed by atoms with Gasteiger partial charge in [0.25, 0.3) is 0 Å². The molecule has 0 saturated heterocycles. The zero-order chi connectivity index (χ0) is 15.6. The third kappa shape index (κ3) is 2.44. The second-order valence-electron chi connectivity index (χ2n) is 5.32. The van der Waals surface area contributed by atoms with Crippen molar-refractivity contribution in [3.05, 3.63) is 67.1 Å². The minimum atomic E-state index is -0.00166. The minimum Gasteiger partial charge on any atom is -0.360 e. The highest BCUT2D eigenvalue weighted by molar-refractivity contribution is 5.86. The van der Waals surface area contributed by atoms with Gasteiger partial charge in [-0.3, -0.25) is 0 Å². The number of nitrogens with one attached hydrogen (secondary N) is 2. The average Bonchev–Trinajstić information content (AvgIpc) is 3.25. The Bertz CT molecular complexity index is 924. The van der Waals surface area contributed by atoms with E-state index in [9.17, 15) is 0 Å². The van der Waals surface area contributed by atoms with Gasteiger partial charge >= 0.3 is 0 Å². The fourth-order valence-corrected chi connectivity index (χ4v) is 2.70. The summed E-state index contributed by atoms with van der Waals surface area (Å²) in [6, 6.07) is 12.1. The van der Waals surface area contributed by atoms with Crippen LogP contribution >= 0.6 is 0 Å². The van der Waals surface area contributed by atoms with E-state index in [1.807, 2.05) is 42.9 Å². The van der Waals surface area contributed by atoms with E-state index in [-0.39, 0.29) is 6.04 Å². The molecule has 114 valence electrons. The lowest BCUT2D eigenvalue weighted by Gasteiger charge is -2.16. The number of fused-ring (bicyclic) bond motifs is 1. The Morgan fingerprint density at radius 3 is 2.83 bits per heavy atom. The van der Waals surface area contributed by atoms with Crippen LogP contribution in [0.25, 0.3) is 16.7 Å². The Hall–Kier alpha value is -3.15. The van der Waals surface area contributed by atoms with E-state index < -0.39 is 0 Å². The Kier molecular flexibility index (Phi) is 3.27. The molecular formula is C17H16N6. The number of rotatable bonds is 4. The molecule has 1 unspecified atom stereocenters. The van der Waals surface area contributed by atoms with Gasteiger partial charge in [-0.25, -0.2) is 15.0 Å². The summed E-state index contributed by atoms with van der Waals surface area (Å²) in [6.07, 6.45) is 7.19. The predicted molar refractivity (Wildman–Crippen MR) is 89.5 cm³/mol. The highest BCUT2D eigenvalue weighted by Crippen LogP contribution is 2.24. The second kappa shape index (κ2) is 5.57. The lowest BCUT2D eigenvalue weighted by molar-refractivity contribution is 0.762. The van der Waals surface area contributed by atoms with Crippen molar-refractivity contribution in [2.75, 3.05) is 5.32 Å². The maximum absolute atomic E-state index is 4.51. The summed E-state index contributed by atoms with van der Waals surface area (Å²) in [6.45, 7) is 2.07. The largest absolute Gasteiger partial charge is 0.360 e. The van der Waals surface area contributed by atoms with Gasteiger partial charge in [-0.1, -0.05) is 18.2 Å². The fraction of sp³-hybridized carbons (Fsp3) is 0.118. The van der Waals surface area contributed by atoms with Gasteiger partial charge in [0.2, 0.25) is 0 Å². The summed E-state index contributed by atoms with van der Waals surface area (Å²) in [7, 11) is 0. The van der Waals surface area contributed by atoms with Crippen LogP contribution in [0.1, 0.15) is 18.8 Å². The number of hydrogen-bond donors (Lipinski definition) is 2. The molecule has 0 amide bonds. The van der Waals surface area contributed by atoms with E-state index in [1.54, 1.807) is 6.33 Å². The normalized spacial score (nSPS) is 12.4. The summed E-state index contributed by atoms with van der Waals surface area (Å²) in [5.41, 5.74) is 1.91. The molecule has 3 aromatic heterocycles. The van der Waals surface area contributed by atoms with Crippen LogP contribution < -0.4 is 5.32 Å². The lowest BCUT2D eigenvalue weighted by atomic mass is 10.2. The number of aromatic nitrogens is 5. The first-order chi connectivity index (χ1) is 11.3. The number of benzene rings is 1. The number of hydrogen-bond acceptors (Lipinski definition) is 4. The highest BCUT2D eigenvalue weighted by Gasteiger charge is 2.15. The lowest BCUT2D eigenvalue weighted by Crippen LogP contribution is -2.13. The van der Waals surface area contributed by atoms with Crippen molar-refractivity contribution in [1.29, 1.82) is 0 Å². The number of H-pyrrole nitrogens is 1. The van der Waals surface area contributed by atoms with Gasteiger partial charge in [-0.05, 0) is 25.1 Å². The molecule has 1 atom stereocenters. The monoisotopic (exact) mass is 304 g/mol. The molecule has 0 fully saturated rings. The molecule has 3 heterocycles. The quantitative estimate of drug-likeness (QED) is 0.607. The third-order valence-corrected chi connectivity index (χ3v) is 3.80. The van der Waals surface area contributed by atoms with Crippen molar-refractivity contribution in [2.24, 2.45) is 0 Å². The molecule has 0 saturated carbocycles.